The molecule has 76 valence electrons. The second kappa shape index (κ2) is 6.51. The molecule has 1 rings (SSSR count). The summed E-state index contributed by atoms with van der Waals surface area (Å²) in [6.07, 6.45) is 7.43. The summed E-state index contributed by atoms with van der Waals surface area (Å²) in [6, 6.07) is 0. The Morgan fingerprint density at radius 2 is 1.92 bits per heavy atom. The summed E-state index contributed by atoms with van der Waals surface area (Å²) in [7, 11) is 2.03. The van der Waals surface area contributed by atoms with E-state index in [1.54, 1.807) is 0 Å². The number of halogens is 3. The Morgan fingerprint density at radius 1 is 1.38 bits per heavy atom. The number of alkyl halides is 3. The molecule has 1 heterocycles. The molecule has 0 aliphatic carbocycles. The van der Waals surface area contributed by atoms with E-state index in [1.165, 1.54) is 6.42 Å². The fourth-order valence-corrected chi connectivity index (χ4v) is 0.892. The molecule has 13 heavy (non-hydrogen) atoms. The molecule has 0 aromatic carbocycles. The summed E-state index contributed by atoms with van der Waals surface area (Å²) in [4.78, 5) is 0. The van der Waals surface area contributed by atoms with Gasteiger partial charge in [-0.15, -0.1) is 0 Å². The zero-order chi connectivity index (χ0) is 10.3. The largest absolute Gasteiger partial charge is 0.379 e. The van der Waals surface area contributed by atoms with Gasteiger partial charge in [-0.25, -0.2) is 9.13 Å². The van der Waals surface area contributed by atoms with Crippen LogP contribution in [0.5, 0.6) is 0 Å². The fourth-order valence-electron chi connectivity index (χ4n) is 0.892. The van der Waals surface area contributed by atoms with Gasteiger partial charge >= 0.3 is 6.68 Å². The first-order chi connectivity index (χ1) is 6.06. The Kier molecular flexibility index (Phi) is 6.01. The number of hydrogen-bond donors (Lipinski definition) is 0. The van der Waals surface area contributed by atoms with Gasteiger partial charge in [-0.2, -0.15) is 13.2 Å². The minimum absolute atomic E-state index is 1.13. The molecule has 1 aromatic heterocycles. The van der Waals surface area contributed by atoms with Crippen LogP contribution in [-0.2, 0) is 13.6 Å². The van der Waals surface area contributed by atoms with Crippen LogP contribution in [0.15, 0.2) is 18.7 Å². The lowest BCUT2D eigenvalue weighted by atomic mass is 10.5. The third kappa shape index (κ3) is 7.36. The van der Waals surface area contributed by atoms with Crippen LogP contribution in [0.25, 0.3) is 0 Å². The predicted octanol–water partition coefficient (Wildman–Crippen LogP) is 1.90. The number of aromatic nitrogens is 2. The first-order valence-corrected chi connectivity index (χ1v) is 3.99. The van der Waals surface area contributed by atoms with Gasteiger partial charge in [0.2, 0.25) is 6.33 Å². The molecular formula is C8H14F3N2+. The first-order valence-electron chi connectivity index (χ1n) is 3.99. The monoisotopic (exact) mass is 195 g/mol. The Hall–Kier alpha value is -1.00. The lowest BCUT2D eigenvalue weighted by molar-refractivity contribution is -0.671. The van der Waals surface area contributed by atoms with Crippen LogP contribution in [0.4, 0.5) is 13.2 Å². The van der Waals surface area contributed by atoms with Gasteiger partial charge in [-0.3, -0.25) is 0 Å². The van der Waals surface area contributed by atoms with Crippen molar-refractivity contribution >= 4 is 0 Å². The zero-order valence-corrected chi connectivity index (χ0v) is 7.75. The van der Waals surface area contributed by atoms with E-state index in [4.69, 9.17) is 0 Å². The average molecular weight is 195 g/mol. The molecule has 5 heteroatoms. The van der Waals surface area contributed by atoms with Crippen LogP contribution in [0.3, 0.4) is 0 Å². The fraction of sp³-hybridized carbons (Fsp3) is 0.625. The van der Waals surface area contributed by atoms with Crippen LogP contribution in [0.2, 0.25) is 0 Å². The van der Waals surface area contributed by atoms with E-state index in [0.717, 1.165) is 6.54 Å². The van der Waals surface area contributed by atoms with Crippen molar-refractivity contribution in [3.8, 4) is 0 Å². The molecule has 0 radical (unpaired) electrons. The van der Waals surface area contributed by atoms with Crippen molar-refractivity contribution in [2.75, 3.05) is 0 Å². The minimum atomic E-state index is -3.67. The number of imidazole rings is 1. The van der Waals surface area contributed by atoms with E-state index in [1.807, 2.05) is 7.05 Å². The third-order valence-corrected chi connectivity index (χ3v) is 1.31. The summed E-state index contributed by atoms with van der Waals surface area (Å²) in [5, 5.41) is 0. The Balaban J connectivity index is 0.000000310. The first kappa shape index (κ1) is 12.0. The van der Waals surface area contributed by atoms with Crippen molar-refractivity contribution < 1.29 is 17.7 Å². The van der Waals surface area contributed by atoms with E-state index in [2.05, 4.69) is 34.8 Å². The lowest BCUT2D eigenvalue weighted by Gasteiger charge is -1.86. The van der Waals surface area contributed by atoms with Gasteiger partial charge in [-0.1, -0.05) is 6.92 Å². The summed E-state index contributed by atoms with van der Waals surface area (Å²) >= 11 is 0. The van der Waals surface area contributed by atoms with Crippen LogP contribution in [-0.4, -0.2) is 11.2 Å². The Bertz CT molecular complexity index is 220. The van der Waals surface area contributed by atoms with Crippen molar-refractivity contribution in [3.63, 3.8) is 0 Å². The van der Waals surface area contributed by atoms with Crippen molar-refractivity contribution in [1.29, 1.82) is 0 Å². The van der Waals surface area contributed by atoms with Crippen molar-refractivity contribution in [2.24, 2.45) is 7.05 Å². The molecule has 2 nitrogen and oxygen atoms in total. The van der Waals surface area contributed by atoms with Gasteiger partial charge in [0.25, 0.3) is 0 Å². The standard InChI is InChI=1S/C7H13N2.CHF3/c1-3-4-9-6-5-8(2)7-9;2-1(3)4/h5-7H,3-4H2,1-2H3;1H/q+1;. The predicted molar refractivity (Wildman–Crippen MR) is 43.0 cm³/mol. The van der Waals surface area contributed by atoms with Gasteiger partial charge < -0.3 is 0 Å². The average Bonchev–Trinajstić information content (AvgIpc) is 2.35. The molecule has 0 saturated carbocycles. The molecule has 0 unspecified atom stereocenters. The summed E-state index contributed by atoms with van der Waals surface area (Å²) in [6.45, 7) is -0.360. The Labute approximate surface area is 75.6 Å². The summed E-state index contributed by atoms with van der Waals surface area (Å²) in [5.41, 5.74) is 0. The highest BCUT2D eigenvalue weighted by Crippen LogP contribution is 1.87. The molecule has 0 bridgehead atoms. The number of aryl methyl sites for hydroxylation is 2. The summed E-state index contributed by atoms with van der Waals surface area (Å²) < 4.78 is 33.2. The van der Waals surface area contributed by atoms with Crippen molar-refractivity contribution in [3.05, 3.63) is 18.7 Å². The zero-order valence-electron chi connectivity index (χ0n) is 7.75. The molecule has 0 amide bonds. The van der Waals surface area contributed by atoms with Crippen LogP contribution in [0, 0.1) is 0 Å². The van der Waals surface area contributed by atoms with E-state index in [-0.39, 0.29) is 0 Å². The maximum atomic E-state index is 9.67. The third-order valence-electron chi connectivity index (χ3n) is 1.31. The second-order valence-electron chi connectivity index (χ2n) is 2.56. The molecule has 0 N–H and O–H groups in total. The molecule has 0 aliphatic rings. The van der Waals surface area contributed by atoms with Gasteiger partial charge in [-0.05, 0) is 6.42 Å². The van der Waals surface area contributed by atoms with Crippen LogP contribution in [0.1, 0.15) is 13.3 Å². The molecule has 0 aliphatic heterocycles. The molecule has 0 fully saturated rings. The second-order valence-corrected chi connectivity index (χ2v) is 2.56. The van der Waals surface area contributed by atoms with E-state index < -0.39 is 6.68 Å². The van der Waals surface area contributed by atoms with Crippen molar-refractivity contribution in [2.45, 2.75) is 26.6 Å². The topological polar surface area (TPSA) is 8.81 Å². The van der Waals surface area contributed by atoms with Gasteiger partial charge in [0.1, 0.15) is 12.4 Å². The molecule has 0 atom stereocenters. The summed E-state index contributed by atoms with van der Waals surface area (Å²) in [5.74, 6) is 0. The van der Waals surface area contributed by atoms with Crippen LogP contribution >= 0.6 is 0 Å². The molecular weight excluding hydrogens is 181 g/mol. The smallest absolute Gasteiger partial charge is 0.240 e. The maximum absolute atomic E-state index is 9.67. The highest BCUT2D eigenvalue weighted by atomic mass is 19.4. The SMILES string of the molecule is CCCn1cc[n+](C)c1.FC(F)F. The molecule has 0 spiro atoms. The molecule has 0 saturated heterocycles. The maximum Gasteiger partial charge on any atom is 0.379 e. The van der Waals surface area contributed by atoms with Crippen LogP contribution < -0.4 is 4.57 Å². The van der Waals surface area contributed by atoms with E-state index >= 15 is 0 Å². The highest BCUT2D eigenvalue weighted by molar-refractivity contribution is 4.64. The normalized spacial score (nSPS) is 9.69. The van der Waals surface area contributed by atoms with Gasteiger partial charge in [0.15, 0.2) is 0 Å². The number of hydrogen-bond acceptors (Lipinski definition) is 0. The lowest BCUT2D eigenvalue weighted by Crippen LogP contribution is -2.23. The quantitative estimate of drug-likeness (QED) is 0.637. The molecule has 1 aromatic rings. The van der Waals surface area contributed by atoms with E-state index in [9.17, 15) is 13.2 Å². The van der Waals surface area contributed by atoms with Gasteiger partial charge in [0.05, 0.1) is 13.6 Å². The number of nitrogens with zero attached hydrogens (tertiary/aromatic N) is 2. The van der Waals surface area contributed by atoms with E-state index in [0.29, 0.717) is 0 Å². The Morgan fingerprint density at radius 3 is 2.23 bits per heavy atom. The highest BCUT2D eigenvalue weighted by Gasteiger charge is 1.94. The minimum Gasteiger partial charge on any atom is -0.240 e. The van der Waals surface area contributed by atoms with Crippen molar-refractivity contribution in [1.82, 2.24) is 4.57 Å². The van der Waals surface area contributed by atoms with Gasteiger partial charge in [0, 0.05) is 0 Å². The number of rotatable bonds is 2.